The van der Waals surface area contributed by atoms with E-state index in [9.17, 15) is 0 Å². The maximum atomic E-state index is 5.91. The summed E-state index contributed by atoms with van der Waals surface area (Å²) >= 11 is 0. The van der Waals surface area contributed by atoms with Gasteiger partial charge in [-0.25, -0.2) is 0 Å². The molecule has 0 aromatic carbocycles. The van der Waals surface area contributed by atoms with Crippen molar-refractivity contribution in [3.8, 4) is 0 Å². The van der Waals surface area contributed by atoms with Crippen molar-refractivity contribution in [2.75, 3.05) is 13.2 Å². The van der Waals surface area contributed by atoms with Gasteiger partial charge >= 0.3 is 0 Å². The Hall–Kier alpha value is -1.66. The van der Waals surface area contributed by atoms with Crippen LogP contribution in [0.15, 0.2) is 27.4 Å². The van der Waals surface area contributed by atoms with Crippen molar-refractivity contribution in [3.63, 3.8) is 0 Å². The first-order valence-electron chi connectivity index (χ1n) is 7.46. The molecule has 112 valence electrons. The van der Waals surface area contributed by atoms with E-state index in [1.165, 1.54) is 5.56 Å². The summed E-state index contributed by atoms with van der Waals surface area (Å²) in [6, 6.07) is 2.51. The van der Waals surface area contributed by atoms with E-state index in [4.69, 9.17) is 13.6 Å². The van der Waals surface area contributed by atoms with Crippen molar-refractivity contribution in [1.29, 1.82) is 0 Å². The first-order chi connectivity index (χ1) is 10.3. The van der Waals surface area contributed by atoms with Crippen LogP contribution in [0.1, 0.15) is 36.1 Å². The van der Waals surface area contributed by atoms with E-state index in [0.717, 1.165) is 38.4 Å². The zero-order chi connectivity index (χ0) is 14.2. The molecule has 6 heteroatoms. The van der Waals surface area contributed by atoms with Crippen LogP contribution in [0.5, 0.6) is 0 Å². The molecule has 2 aliphatic rings. The number of rotatable bonds is 3. The normalized spacial score (nSPS) is 29.7. The molecule has 0 spiro atoms. The Kier molecular flexibility index (Phi) is 3.27. The Morgan fingerprint density at radius 1 is 1.38 bits per heavy atom. The summed E-state index contributed by atoms with van der Waals surface area (Å²) in [5.41, 5.74) is 1.20. The molecule has 0 aliphatic carbocycles. The molecule has 2 aromatic heterocycles. The van der Waals surface area contributed by atoms with Gasteiger partial charge in [-0.3, -0.25) is 4.90 Å². The fraction of sp³-hybridized carbons (Fsp3) is 0.600. The topological polar surface area (TPSA) is 64.5 Å². The largest absolute Gasteiger partial charge is 0.472 e. The number of likely N-dealkylation sites (tertiary alicyclic amines) is 1. The second-order valence-electron chi connectivity index (χ2n) is 5.92. The van der Waals surface area contributed by atoms with Gasteiger partial charge in [-0.2, -0.15) is 0 Å². The lowest BCUT2D eigenvalue weighted by Gasteiger charge is -2.39. The molecule has 0 radical (unpaired) electrons. The van der Waals surface area contributed by atoms with Crippen molar-refractivity contribution in [2.24, 2.45) is 0 Å². The van der Waals surface area contributed by atoms with Crippen LogP contribution in [0.3, 0.4) is 0 Å². The molecule has 4 heterocycles. The lowest BCUT2D eigenvalue weighted by molar-refractivity contribution is 0.00915. The molecule has 2 aromatic rings. The summed E-state index contributed by atoms with van der Waals surface area (Å²) in [7, 11) is 0. The maximum Gasteiger partial charge on any atom is 0.220 e. The third-order valence-electron chi connectivity index (χ3n) is 4.47. The van der Waals surface area contributed by atoms with Crippen LogP contribution in [-0.4, -0.2) is 40.4 Å². The summed E-state index contributed by atoms with van der Waals surface area (Å²) < 4.78 is 16.7. The Morgan fingerprint density at radius 3 is 3.10 bits per heavy atom. The molecule has 4 rings (SSSR count). The quantitative estimate of drug-likeness (QED) is 0.862. The van der Waals surface area contributed by atoms with E-state index >= 15 is 0 Å². The number of piperidine rings is 1. The summed E-state index contributed by atoms with van der Waals surface area (Å²) in [6.07, 6.45) is 5.86. The van der Waals surface area contributed by atoms with E-state index in [1.807, 2.05) is 19.3 Å². The Labute approximate surface area is 123 Å². The summed E-state index contributed by atoms with van der Waals surface area (Å²) in [5.74, 6) is 1.61. The number of ether oxygens (including phenoxy) is 1. The molecule has 21 heavy (non-hydrogen) atoms. The molecule has 0 unspecified atom stereocenters. The molecule has 0 bridgehead atoms. The molecule has 3 atom stereocenters. The summed E-state index contributed by atoms with van der Waals surface area (Å²) in [4.78, 5) is 2.47. The van der Waals surface area contributed by atoms with Crippen LogP contribution in [-0.2, 0) is 11.3 Å². The molecule has 0 amide bonds. The van der Waals surface area contributed by atoms with Gasteiger partial charge in [0.05, 0.1) is 24.5 Å². The smallest absolute Gasteiger partial charge is 0.220 e. The summed E-state index contributed by atoms with van der Waals surface area (Å²) in [5, 5.41) is 8.15. The lowest BCUT2D eigenvalue weighted by Crippen LogP contribution is -2.48. The second kappa shape index (κ2) is 5.27. The SMILES string of the molecule is Cc1nnc([C@H]2C[C@H]3OCC[C@H]3N(Cc3ccoc3)C2)o1. The number of aryl methyl sites for hydroxylation is 1. The fourth-order valence-corrected chi connectivity index (χ4v) is 3.51. The highest BCUT2D eigenvalue weighted by Gasteiger charge is 2.42. The Bertz CT molecular complexity index is 595. The molecular weight excluding hydrogens is 270 g/mol. The van der Waals surface area contributed by atoms with Crippen molar-refractivity contribution in [3.05, 3.63) is 35.9 Å². The van der Waals surface area contributed by atoms with Gasteiger partial charge in [0.25, 0.3) is 0 Å². The maximum absolute atomic E-state index is 5.91. The molecule has 2 aliphatic heterocycles. The lowest BCUT2D eigenvalue weighted by atomic mass is 9.89. The third-order valence-corrected chi connectivity index (χ3v) is 4.47. The number of hydrogen-bond donors (Lipinski definition) is 0. The highest BCUT2D eigenvalue weighted by Crippen LogP contribution is 2.36. The van der Waals surface area contributed by atoms with Crippen LogP contribution in [0.2, 0.25) is 0 Å². The summed E-state index contributed by atoms with van der Waals surface area (Å²) in [6.45, 7) is 4.48. The van der Waals surface area contributed by atoms with Gasteiger partial charge in [0.15, 0.2) is 0 Å². The first kappa shape index (κ1) is 13.0. The predicted molar refractivity (Wildman–Crippen MR) is 73.7 cm³/mol. The minimum absolute atomic E-state index is 0.248. The van der Waals surface area contributed by atoms with Gasteiger partial charge in [0.2, 0.25) is 11.8 Å². The standard InChI is InChI=1S/C15H19N3O3/c1-10-16-17-15(21-10)12-6-14-13(3-5-20-14)18(8-12)7-11-2-4-19-9-11/h2,4,9,12-14H,3,5-8H2,1H3/t12-,13+,14+/m0/s1. The van der Waals surface area contributed by atoms with E-state index in [-0.39, 0.29) is 12.0 Å². The first-order valence-corrected chi connectivity index (χ1v) is 7.46. The minimum Gasteiger partial charge on any atom is -0.472 e. The van der Waals surface area contributed by atoms with Crippen LogP contribution in [0.25, 0.3) is 0 Å². The molecule has 0 N–H and O–H groups in total. The van der Waals surface area contributed by atoms with E-state index in [0.29, 0.717) is 11.9 Å². The van der Waals surface area contributed by atoms with E-state index in [1.54, 1.807) is 6.26 Å². The molecular formula is C15H19N3O3. The van der Waals surface area contributed by atoms with Gasteiger partial charge in [-0.15, -0.1) is 10.2 Å². The van der Waals surface area contributed by atoms with Crippen molar-refractivity contribution >= 4 is 0 Å². The average Bonchev–Trinajstić information content (AvgIpc) is 3.18. The zero-order valence-electron chi connectivity index (χ0n) is 12.1. The average molecular weight is 289 g/mol. The fourth-order valence-electron chi connectivity index (χ4n) is 3.51. The van der Waals surface area contributed by atoms with Gasteiger partial charge in [0.1, 0.15) is 0 Å². The third kappa shape index (κ3) is 2.49. The van der Waals surface area contributed by atoms with Crippen molar-refractivity contribution in [1.82, 2.24) is 15.1 Å². The molecule has 6 nitrogen and oxygen atoms in total. The monoisotopic (exact) mass is 289 g/mol. The van der Waals surface area contributed by atoms with Gasteiger partial charge in [0, 0.05) is 38.2 Å². The highest BCUT2D eigenvalue weighted by molar-refractivity contribution is 5.09. The Morgan fingerprint density at radius 2 is 2.33 bits per heavy atom. The minimum atomic E-state index is 0.248. The van der Waals surface area contributed by atoms with Crippen LogP contribution in [0.4, 0.5) is 0 Å². The molecule has 2 fully saturated rings. The van der Waals surface area contributed by atoms with E-state index in [2.05, 4.69) is 15.1 Å². The predicted octanol–water partition coefficient (Wildman–Crippen LogP) is 2.12. The van der Waals surface area contributed by atoms with E-state index < -0.39 is 0 Å². The second-order valence-corrected chi connectivity index (χ2v) is 5.92. The number of hydrogen-bond acceptors (Lipinski definition) is 6. The number of aromatic nitrogens is 2. The highest BCUT2D eigenvalue weighted by atomic mass is 16.5. The zero-order valence-corrected chi connectivity index (χ0v) is 12.1. The Balaban J connectivity index is 1.55. The van der Waals surface area contributed by atoms with Crippen molar-refractivity contribution < 1.29 is 13.6 Å². The molecule has 0 saturated carbocycles. The van der Waals surface area contributed by atoms with Crippen molar-refractivity contribution in [2.45, 2.75) is 44.4 Å². The van der Waals surface area contributed by atoms with Gasteiger partial charge in [-0.1, -0.05) is 0 Å². The number of furan rings is 1. The molecule has 2 saturated heterocycles. The van der Waals surface area contributed by atoms with Gasteiger partial charge in [-0.05, 0) is 18.9 Å². The van der Waals surface area contributed by atoms with Crippen LogP contribution < -0.4 is 0 Å². The number of nitrogens with zero attached hydrogens (tertiary/aromatic N) is 3. The van der Waals surface area contributed by atoms with Crippen LogP contribution >= 0.6 is 0 Å². The number of fused-ring (bicyclic) bond motifs is 1. The van der Waals surface area contributed by atoms with Gasteiger partial charge < -0.3 is 13.6 Å². The van der Waals surface area contributed by atoms with Crippen LogP contribution in [0, 0.1) is 6.92 Å².